The van der Waals surface area contributed by atoms with Crippen LogP contribution in [-0.2, 0) is 4.79 Å². The number of hydrogen-bond donors (Lipinski definition) is 1. The van der Waals surface area contributed by atoms with Gasteiger partial charge in [-0.15, -0.1) is 0 Å². The molecular weight excluding hydrogens is 508 g/mol. The van der Waals surface area contributed by atoms with Crippen LogP contribution in [0.4, 0.5) is 11.4 Å². The van der Waals surface area contributed by atoms with Crippen molar-refractivity contribution in [2.75, 3.05) is 38.7 Å². The van der Waals surface area contributed by atoms with Gasteiger partial charge < -0.3 is 24.3 Å². The standard InChI is InChI=1S/C32H30N2O6/c1-37-22-13-9-20(10-14-22)30-29(31(35)33-27-19-24(39-3)17-18-28(27)40-4)25-7-5-6-8-26(25)32(36)34(30)21-11-15-23(38-2)16-12-21/h5-19,29-30H,1-4H3,(H,33,35). The lowest BCUT2D eigenvalue weighted by Crippen LogP contribution is -2.46. The molecule has 2 atom stereocenters. The van der Waals surface area contributed by atoms with Crippen LogP contribution in [0.25, 0.3) is 0 Å². The van der Waals surface area contributed by atoms with Gasteiger partial charge in [0.2, 0.25) is 5.91 Å². The zero-order chi connectivity index (χ0) is 28.2. The highest BCUT2D eigenvalue weighted by Crippen LogP contribution is 2.46. The minimum atomic E-state index is -0.764. The molecule has 2 unspecified atom stereocenters. The number of carbonyl (C=O) groups excluding carboxylic acids is 2. The van der Waals surface area contributed by atoms with E-state index in [0.717, 1.165) is 5.56 Å². The molecule has 204 valence electrons. The normalized spacial score (nSPS) is 16.1. The number of nitrogens with zero attached hydrogens (tertiary/aromatic N) is 1. The third-order valence-corrected chi connectivity index (χ3v) is 7.09. The number of nitrogens with one attached hydrogen (secondary N) is 1. The van der Waals surface area contributed by atoms with E-state index in [0.29, 0.717) is 45.5 Å². The third kappa shape index (κ3) is 4.91. The van der Waals surface area contributed by atoms with Gasteiger partial charge in [0.1, 0.15) is 23.0 Å². The highest BCUT2D eigenvalue weighted by Gasteiger charge is 2.45. The topological polar surface area (TPSA) is 86.3 Å². The highest BCUT2D eigenvalue weighted by atomic mass is 16.5. The molecule has 8 nitrogen and oxygen atoms in total. The number of fused-ring (bicyclic) bond motifs is 1. The molecule has 40 heavy (non-hydrogen) atoms. The van der Waals surface area contributed by atoms with Crippen molar-refractivity contribution in [3.8, 4) is 23.0 Å². The molecule has 0 fully saturated rings. The minimum Gasteiger partial charge on any atom is -0.497 e. The van der Waals surface area contributed by atoms with Crippen molar-refractivity contribution in [3.63, 3.8) is 0 Å². The molecule has 0 saturated carbocycles. The summed E-state index contributed by atoms with van der Waals surface area (Å²) in [6.45, 7) is 0. The lowest BCUT2D eigenvalue weighted by molar-refractivity contribution is -0.118. The molecule has 4 aromatic carbocycles. The summed E-state index contributed by atoms with van der Waals surface area (Å²) in [5, 5.41) is 3.05. The van der Waals surface area contributed by atoms with Crippen molar-refractivity contribution in [3.05, 3.63) is 108 Å². The largest absolute Gasteiger partial charge is 0.497 e. The molecular formula is C32H30N2O6. The maximum atomic E-state index is 14.3. The quantitative estimate of drug-likeness (QED) is 0.303. The van der Waals surface area contributed by atoms with E-state index in [9.17, 15) is 9.59 Å². The van der Waals surface area contributed by atoms with Gasteiger partial charge in [0.05, 0.1) is 46.1 Å². The zero-order valence-corrected chi connectivity index (χ0v) is 22.7. The molecule has 4 aromatic rings. The van der Waals surface area contributed by atoms with E-state index < -0.39 is 12.0 Å². The van der Waals surface area contributed by atoms with Gasteiger partial charge in [-0.25, -0.2) is 0 Å². The van der Waals surface area contributed by atoms with Crippen molar-refractivity contribution in [1.29, 1.82) is 0 Å². The van der Waals surface area contributed by atoms with Gasteiger partial charge in [-0.05, 0) is 65.7 Å². The molecule has 0 saturated heterocycles. The van der Waals surface area contributed by atoms with Crippen molar-refractivity contribution < 1.29 is 28.5 Å². The predicted octanol–water partition coefficient (Wildman–Crippen LogP) is 5.85. The molecule has 1 aliphatic rings. The van der Waals surface area contributed by atoms with Crippen molar-refractivity contribution >= 4 is 23.2 Å². The summed E-state index contributed by atoms with van der Waals surface area (Å²) < 4.78 is 21.6. The van der Waals surface area contributed by atoms with Gasteiger partial charge in [0, 0.05) is 17.3 Å². The first-order valence-electron chi connectivity index (χ1n) is 12.7. The Morgan fingerprint density at radius 1 is 0.725 bits per heavy atom. The summed E-state index contributed by atoms with van der Waals surface area (Å²) in [6.07, 6.45) is 0. The van der Waals surface area contributed by atoms with E-state index in [1.54, 1.807) is 68.7 Å². The molecule has 0 radical (unpaired) electrons. The van der Waals surface area contributed by atoms with Gasteiger partial charge in [0.15, 0.2) is 0 Å². The Balaban J connectivity index is 1.68. The molecule has 0 bridgehead atoms. The van der Waals surface area contributed by atoms with Crippen LogP contribution in [0, 0.1) is 0 Å². The number of anilines is 2. The average molecular weight is 539 g/mol. The summed E-state index contributed by atoms with van der Waals surface area (Å²) >= 11 is 0. The molecule has 1 aliphatic heterocycles. The van der Waals surface area contributed by atoms with Crippen LogP contribution in [-0.4, -0.2) is 40.3 Å². The molecule has 0 aliphatic carbocycles. The Hall–Kier alpha value is -4.98. The van der Waals surface area contributed by atoms with Crippen LogP contribution in [0.5, 0.6) is 23.0 Å². The number of amides is 2. The van der Waals surface area contributed by atoms with E-state index in [1.165, 1.54) is 7.11 Å². The Bertz CT molecular complexity index is 1520. The van der Waals surface area contributed by atoms with E-state index in [4.69, 9.17) is 18.9 Å². The zero-order valence-electron chi connectivity index (χ0n) is 22.7. The Morgan fingerprint density at radius 2 is 1.32 bits per heavy atom. The summed E-state index contributed by atoms with van der Waals surface area (Å²) in [6, 6.07) is 26.4. The highest BCUT2D eigenvalue weighted by molar-refractivity contribution is 6.12. The first-order valence-corrected chi connectivity index (χ1v) is 12.7. The first kappa shape index (κ1) is 26.6. The smallest absolute Gasteiger partial charge is 0.259 e. The number of rotatable bonds is 8. The van der Waals surface area contributed by atoms with Crippen LogP contribution in [0.1, 0.15) is 33.4 Å². The number of hydrogen-bond acceptors (Lipinski definition) is 6. The molecule has 0 aromatic heterocycles. The molecule has 1 heterocycles. The molecule has 2 amide bonds. The second kappa shape index (κ2) is 11.4. The summed E-state index contributed by atoms with van der Waals surface area (Å²) in [4.78, 5) is 30.1. The van der Waals surface area contributed by atoms with Gasteiger partial charge in [-0.3, -0.25) is 14.5 Å². The third-order valence-electron chi connectivity index (χ3n) is 7.09. The maximum Gasteiger partial charge on any atom is 0.259 e. The number of methoxy groups -OCH3 is 4. The molecule has 0 spiro atoms. The SMILES string of the molecule is COc1ccc(C2C(C(=O)Nc3cc(OC)ccc3OC)c3ccccc3C(=O)N2c2ccc(OC)cc2)cc1. The average Bonchev–Trinajstić information content (AvgIpc) is 3.01. The van der Waals surface area contributed by atoms with Crippen molar-refractivity contribution in [1.82, 2.24) is 0 Å². The van der Waals surface area contributed by atoms with Crippen LogP contribution in [0.3, 0.4) is 0 Å². The fourth-order valence-corrected chi connectivity index (χ4v) is 5.11. The van der Waals surface area contributed by atoms with Gasteiger partial charge in [-0.1, -0.05) is 30.3 Å². The van der Waals surface area contributed by atoms with Crippen LogP contribution in [0.15, 0.2) is 91.0 Å². The second-order valence-electron chi connectivity index (χ2n) is 9.21. The summed E-state index contributed by atoms with van der Waals surface area (Å²) in [7, 11) is 6.28. The Labute approximate surface area is 233 Å². The minimum absolute atomic E-state index is 0.204. The maximum absolute atomic E-state index is 14.3. The van der Waals surface area contributed by atoms with Gasteiger partial charge in [-0.2, -0.15) is 0 Å². The monoisotopic (exact) mass is 538 g/mol. The van der Waals surface area contributed by atoms with E-state index >= 15 is 0 Å². The van der Waals surface area contributed by atoms with E-state index in [-0.39, 0.29) is 11.8 Å². The molecule has 1 N–H and O–H groups in total. The lowest BCUT2D eigenvalue weighted by Gasteiger charge is -2.42. The Morgan fingerprint density at radius 3 is 1.95 bits per heavy atom. The first-order chi connectivity index (χ1) is 19.5. The van der Waals surface area contributed by atoms with Gasteiger partial charge in [0.25, 0.3) is 5.91 Å². The number of ether oxygens (including phenoxy) is 4. The fraction of sp³-hybridized carbons (Fsp3) is 0.188. The van der Waals surface area contributed by atoms with Crippen LogP contribution in [0.2, 0.25) is 0 Å². The fourth-order valence-electron chi connectivity index (χ4n) is 5.11. The summed E-state index contributed by atoms with van der Waals surface area (Å²) in [5.41, 5.74) is 2.97. The van der Waals surface area contributed by atoms with Crippen molar-refractivity contribution in [2.45, 2.75) is 12.0 Å². The summed E-state index contributed by atoms with van der Waals surface area (Å²) in [5.74, 6) is 1.12. The van der Waals surface area contributed by atoms with E-state index in [2.05, 4.69) is 5.32 Å². The number of benzene rings is 4. The van der Waals surface area contributed by atoms with Crippen molar-refractivity contribution in [2.24, 2.45) is 0 Å². The van der Waals surface area contributed by atoms with E-state index in [1.807, 2.05) is 48.5 Å². The Kier molecular flexibility index (Phi) is 7.59. The lowest BCUT2D eigenvalue weighted by atomic mass is 9.78. The predicted molar refractivity (Wildman–Crippen MR) is 153 cm³/mol. The second-order valence-corrected chi connectivity index (χ2v) is 9.21. The molecule has 8 heteroatoms. The van der Waals surface area contributed by atoms with Crippen LogP contribution >= 0.6 is 0 Å². The molecule has 5 rings (SSSR count). The number of carbonyl (C=O) groups is 2. The van der Waals surface area contributed by atoms with Crippen LogP contribution < -0.4 is 29.2 Å². The van der Waals surface area contributed by atoms with Gasteiger partial charge >= 0.3 is 0 Å².